The molecule has 0 spiro atoms. The number of hydrogen-bond acceptors (Lipinski definition) is 0. The van der Waals surface area contributed by atoms with E-state index in [0.717, 1.165) is 0 Å². The van der Waals surface area contributed by atoms with Crippen LogP contribution < -0.4 is 0 Å². The number of aromatic nitrogens is 2. The maximum absolute atomic E-state index is 2.52. The molecular weight excluding hydrogens is 400 g/mol. The zero-order chi connectivity index (χ0) is 21.5. The van der Waals surface area contributed by atoms with Gasteiger partial charge in [0.15, 0.2) is 0 Å². The summed E-state index contributed by atoms with van der Waals surface area (Å²) in [5.74, 6) is 1.36. The van der Waals surface area contributed by atoms with Crippen LogP contribution in [0.4, 0.5) is 0 Å². The highest BCUT2D eigenvalue weighted by Gasteiger charge is 2.43. The van der Waals surface area contributed by atoms with Gasteiger partial charge in [-0.05, 0) is 48.7 Å². The summed E-state index contributed by atoms with van der Waals surface area (Å²) in [5, 5.41) is 3.96. The second-order valence-electron chi connectivity index (χ2n) is 9.41. The largest absolute Gasteiger partial charge is 0.313 e. The molecule has 2 aliphatic carbocycles. The van der Waals surface area contributed by atoms with Crippen molar-refractivity contribution in [2.45, 2.75) is 12.3 Å². The molecule has 0 saturated heterocycles. The van der Waals surface area contributed by atoms with Crippen LogP contribution in [0.3, 0.4) is 0 Å². The lowest BCUT2D eigenvalue weighted by atomic mass is 10.0. The molecule has 33 heavy (non-hydrogen) atoms. The smallest absolute Gasteiger partial charge is 0.0541 e. The van der Waals surface area contributed by atoms with Crippen LogP contribution in [-0.4, -0.2) is 9.13 Å². The number of allylic oxidation sites excluding steroid dienone is 1. The Hall–Kier alpha value is -4.04. The van der Waals surface area contributed by atoms with Crippen molar-refractivity contribution in [2.24, 2.45) is 5.92 Å². The molecule has 2 aromatic heterocycles. The summed E-state index contributed by atoms with van der Waals surface area (Å²) in [6.07, 6.45) is 6.05. The molecule has 2 unspecified atom stereocenters. The Morgan fingerprint density at radius 1 is 0.576 bits per heavy atom. The second-order valence-corrected chi connectivity index (χ2v) is 9.41. The first-order valence-electron chi connectivity index (χ1n) is 11.8. The highest BCUT2D eigenvalue weighted by molar-refractivity contribution is 6.09. The van der Waals surface area contributed by atoms with Gasteiger partial charge in [-0.1, -0.05) is 72.8 Å². The van der Waals surface area contributed by atoms with Gasteiger partial charge in [0.05, 0.1) is 16.6 Å². The first-order chi connectivity index (χ1) is 16.4. The highest BCUT2D eigenvalue weighted by Crippen LogP contribution is 2.55. The summed E-state index contributed by atoms with van der Waals surface area (Å²) < 4.78 is 4.93. The third kappa shape index (κ3) is 2.33. The van der Waals surface area contributed by atoms with E-state index in [1.54, 1.807) is 0 Å². The molecule has 0 radical (unpaired) electrons. The monoisotopic (exact) mass is 422 g/mol. The summed E-state index contributed by atoms with van der Waals surface area (Å²) >= 11 is 0. The fourth-order valence-corrected chi connectivity index (χ4v) is 6.04. The minimum Gasteiger partial charge on any atom is -0.313 e. The Labute approximate surface area is 192 Å². The molecule has 0 bridgehead atoms. The molecule has 1 saturated carbocycles. The Balaban J connectivity index is 1.43. The molecule has 156 valence electrons. The lowest BCUT2D eigenvalue weighted by Crippen LogP contribution is -2.03. The van der Waals surface area contributed by atoms with E-state index in [2.05, 4.69) is 118 Å². The van der Waals surface area contributed by atoms with Crippen LogP contribution in [0.25, 0.3) is 50.2 Å². The summed E-state index contributed by atoms with van der Waals surface area (Å²) in [6.45, 7) is 0. The molecule has 6 aromatic rings. The van der Waals surface area contributed by atoms with E-state index in [1.165, 1.54) is 61.8 Å². The minimum absolute atomic E-state index is 0.647. The molecule has 4 aromatic carbocycles. The van der Waals surface area contributed by atoms with Crippen molar-refractivity contribution in [1.29, 1.82) is 0 Å². The van der Waals surface area contributed by atoms with Crippen LogP contribution in [0.1, 0.15) is 23.6 Å². The van der Waals surface area contributed by atoms with E-state index in [0.29, 0.717) is 11.8 Å². The van der Waals surface area contributed by atoms with Crippen molar-refractivity contribution in [1.82, 2.24) is 9.13 Å². The Morgan fingerprint density at radius 3 is 1.85 bits per heavy atom. The van der Waals surface area contributed by atoms with E-state index < -0.39 is 0 Å². The van der Waals surface area contributed by atoms with Crippen molar-refractivity contribution in [3.63, 3.8) is 0 Å². The van der Waals surface area contributed by atoms with Gasteiger partial charge < -0.3 is 9.13 Å². The van der Waals surface area contributed by atoms with Crippen LogP contribution in [0.15, 0.2) is 103 Å². The van der Waals surface area contributed by atoms with Crippen LogP contribution >= 0.6 is 0 Å². The fraction of sp³-hybridized carbons (Fsp3) is 0.0968. The molecule has 2 heterocycles. The third-order valence-corrected chi connectivity index (χ3v) is 7.58. The molecule has 2 nitrogen and oxygen atoms in total. The Bertz CT molecular complexity index is 1710. The van der Waals surface area contributed by atoms with Gasteiger partial charge in [-0.25, -0.2) is 0 Å². The molecule has 1 fully saturated rings. The van der Waals surface area contributed by atoms with Gasteiger partial charge in [0.2, 0.25) is 0 Å². The van der Waals surface area contributed by atoms with Gasteiger partial charge in [-0.15, -0.1) is 0 Å². The van der Waals surface area contributed by atoms with E-state index in [-0.39, 0.29) is 0 Å². The number of para-hydroxylation sites is 3. The zero-order valence-corrected chi connectivity index (χ0v) is 18.1. The van der Waals surface area contributed by atoms with Crippen molar-refractivity contribution in [3.05, 3.63) is 114 Å². The van der Waals surface area contributed by atoms with E-state index in [4.69, 9.17) is 0 Å². The van der Waals surface area contributed by atoms with Crippen LogP contribution in [0.5, 0.6) is 0 Å². The van der Waals surface area contributed by atoms with Crippen LogP contribution in [0, 0.1) is 5.92 Å². The summed E-state index contributed by atoms with van der Waals surface area (Å²) in [5.41, 5.74) is 9.15. The average molecular weight is 423 g/mol. The number of fused-ring (bicyclic) bond motifs is 8. The molecule has 2 heteroatoms. The quantitative estimate of drug-likeness (QED) is 0.269. The van der Waals surface area contributed by atoms with E-state index >= 15 is 0 Å². The van der Waals surface area contributed by atoms with Crippen molar-refractivity contribution < 1.29 is 0 Å². The van der Waals surface area contributed by atoms with Gasteiger partial charge >= 0.3 is 0 Å². The van der Waals surface area contributed by atoms with E-state index in [9.17, 15) is 0 Å². The predicted octanol–water partition coefficient (Wildman–Crippen LogP) is 7.86. The van der Waals surface area contributed by atoms with Gasteiger partial charge in [0.25, 0.3) is 0 Å². The van der Waals surface area contributed by atoms with Gasteiger partial charge in [-0.2, -0.15) is 0 Å². The molecular formula is C31H22N2. The Morgan fingerprint density at radius 2 is 1.15 bits per heavy atom. The molecule has 8 rings (SSSR count). The van der Waals surface area contributed by atoms with Crippen LogP contribution in [-0.2, 0) is 0 Å². The van der Waals surface area contributed by atoms with Crippen LogP contribution in [0.2, 0.25) is 0 Å². The summed E-state index contributed by atoms with van der Waals surface area (Å²) in [4.78, 5) is 0. The van der Waals surface area contributed by atoms with E-state index in [1.807, 2.05) is 0 Å². The molecule has 0 amide bonds. The highest BCUT2D eigenvalue weighted by atomic mass is 15.0. The second kappa shape index (κ2) is 6.26. The number of rotatable bonds is 2. The fourth-order valence-electron chi connectivity index (χ4n) is 6.04. The normalized spacial score (nSPS) is 18.7. The minimum atomic E-state index is 0.647. The molecule has 2 aliphatic rings. The SMILES string of the molecule is C1=CC2CC2c2c1c1ccccc1n2-c1cccc(-n2c3ccccc3c3ccccc32)c1. The standard InChI is InChI=1S/C31H22N2/c1-4-13-28-23(10-1)24-11-2-5-14-29(24)32(28)21-8-7-9-22(19-21)33-30-15-6-3-12-25(30)26-17-16-20-18-27(20)31(26)33/h1-17,19-20,27H,18H2. The number of benzene rings is 4. The average Bonchev–Trinajstić information content (AvgIpc) is 3.49. The first kappa shape index (κ1) is 17.5. The topological polar surface area (TPSA) is 9.86 Å². The van der Waals surface area contributed by atoms with Gasteiger partial charge in [-0.3, -0.25) is 0 Å². The lowest BCUT2D eigenvalue weighted by molar-refractivity contribution is 0.895. The van der Waals surface area contributed by atoms with Crippen molar-refractivity contribution >= 4 is 38.8 Å². The Kier molecular flexibility index (Phi) is 3.32. The van der Waals surface area contributed by atoms with Crippen molar-refractivity contribution in [3.8, 4) is 11.4 Å². The molecule has 0 aliphatic heterocycles. The maximum Gasteiger partial charge on any atom is 0.0541 e. The molecule has 2 atom stereocenters. The van der Waals surface area contributed by atoms with Gasteiger partial charge in [0, 0.05) is 44.7 Å². The lowest BCUT2D eigenvalue weighted by Gasteiger charge is -2.15. The summed E-state index contributed by atoms with van der Waals surface area (Å²) in [7, 11) is 0. The predicted molar refractivity (Wildman–Crippen MR) is 137 cm³/mol. The molecule has 0 N–H and O–H groups in total. The maximum atomic E-state index is 2.52. The summed E-state index contributed by atoms with van der Waals surface area (Å²) in [6, 6.07) is 35.4. The number of nitrogens with zero attached hydrogens (tertiary/aromatic N) is 2. The zero-order valence-electron chi connectivity index (χ0n) is 18.1. The first-order valence-corrected chi connectivity index (χ1v) is 11.8. The van der Waals surface area contributed by atoms with Crippen molar-refractivity contribution in [2.75, 3.05) is 0 Å². The third-order valence-electron chi connectivity index (χ3n) is 7.58. The van der Waals surface area contributed by atoms with Gasteiger partial charge in [0.1, 0.15) is 0 Å². The number of hydrogen-bond donors (Lipinski definition) is 0.